The number of nitrogens with two attached hydrogens (primary N) is 1. The van der Waals surface area contributed by atoms with Crippen LogP contribution in [0.2, 0.25) is 0 Å². The van der Waals surface area contributed by atoms with Gasteiger partial charge in [-0.25, -0.2) is 4.98 Å². The summed E-state index contributed by atoms with van der Waals surface area (Å²) >= 11 is 0. The van der Waals surface area contributed by atoms with Gasteiger partial charge in [-0.05, 0) is 66.8 Å². The van der Waals surface area contributed by atoms with Crippen LogP contribution in [0, 0.1) is 25.7 Å². The highest BCUT2D eigenvalue weighted by Gasteiger charge is 2.08. The molecule has 2 aromatic carbocycles. The minimum absolute atomic E-state index is 0.209. The number of allylic oxidation sites excluding steroid dienone is 1. The number of benzene rings is 2. The molecular formula is C29H28N6O. The molecule has 0 saturated heterocycles. The van der Waals surface area contributed by atoms with E-state index in [1.165, 1.54) is 6.20 Å². The van der Waals surface area contributed by atoms with E-state index in [0.717, 1.165) is 45.0 Å². The minimum Gasteiger partial charge on any atom is -0.508 e. The largest absolute Gasteiger partial charge is 0.508 e. The highest BCUT2D eigenvalue weighted by atomic mass is 16.3. The lowest BCUT2D eigenvalue weighted by molar-refractivity contribution is 0.475. The van der Waals surface area contributed by atoms with Crippen molar-refractivity contribution < 1.29 is 5.11 Å². The fourth-order valence-electron chi connectivity index (χ4n) is 3.77. The smallest absolute Gasteiger partial charge is 0.161 e. The SMILES string of the molecule is C=C(Nc1cc(C)cc(O)c1)c1ccc(C)c(C#Cc2cnc3c(NC(C=NC)=CN)cccn23)c1. The van der Waals surface area contributed by atoms with Gasteiger partial charge in [-0.1, -0.05) is 24.6 Å². The summed E-state index contributed by atoms with van der Waals surface area (Å²) in [6.07, 6.45) is 6.77. The van der Waals surface area contributed by atoms with Crippen molar-refractivity contribution in [3.05, 3.63) is 107 Å². The van der Waals surface area contributed by atoms with Crippen molar-refractivity contribution in [2.75, 3.05) is 17.7 Å². The number of hydrogen-bond acceptors (Lipinski definition) is 6. The molecule has 0 amide bonds. The molecule has 0 saturated carbocycles. The third-order valence-electron chi connectivity index (χ3n) is 5.53. The van der Waals surface area contributed by atoms with Crippen LogP contribution in [0.3, 0.4) is 0 Å². The maximum absolute atomic E-state index is 9.88. The van der Waals surface area contributed by atoms with Crippen LogP contribution in [0.25, 0.3) is 11.3 Å². The van der Waals surface area contributed by atoms with Crippen molar-refractivity contribution in [2.45, 2.75) is 13.8 Å². The van der Waals surface area contributed by atoms with Gasteiger partial charge < -0.3 is 21.5 Å². The predicted molar refractivity (Wildman–Crippen MR) is 148 cm³/mol. The highest BCUT2D eigenvalue weighted by molar-refractivity contribution is 5.85. The third-order valence-corrected chi connectivity index (χ3v) is 5.53. The van der Waals surface area contributed by atoms with Crippen LogP contribution in [0.4, 0.5) is 11.4 Å². The fourth-order valence-corrected chi connectivity index (χ4v) is 3.77. The summed E-state index contributed by atoms with van der Waals surface area (Å²) in [5.41, 5.74) is 13.9. The molecule has 0 unspecified atom stereocenters. The van der Waals surface area contributed by atoms with E-state index in [1.807, 2.05) is 60.8 Å². The van der Waals surface area contributed by atoms with Crippen LogP contribution < -0.4 is 16.4 Å². The molecule has 180 valence electrons. The number of aromatic nitrogens is 2. The molecule has 0 aliphatic carbocycles. The van der Waals surface area contributed by atoms with Crippen molar-refractivity contribution in [1.82, 2.24) is 9.38 Å². The molecule has 2 heterocycles. The van der Waals surface area contributed by atoms with Crippen LogP contribution >= 0.6 is 0 Å². The van der Waals surface area contributed by atoms with Gasteiger partial charge in [0.15, 0.2) is 5.65 Å². The van der Waals surface area contributed by atoms with E-state index in [9.17, 15) is 5.11 Å². The lowest BCUT2D eigenvalue weighted by Crippen LogP contribution is -2.05. The average Bonchev–Trinajstić information content (AvgIpc) is 3.26. The second kappa shape index (κ2) is 10.5. The van der Waals surface area contributed by atoms with Crippen molar-refractivity contribution >= 4 is 28.9 Å². The van der Waals surface area contributed by atoms with Gasteiger partial charge in [0.1, 0.15) is 11.4 Å². The standard InChI is InChI=1S/C29H28N6O/c1-19-12-24(15-27(36)13-19)33-21(3)23-8-7-20(2)22(14-23)9-10-26-18-32-29-28(6-5-11-35(26)29)34-25(16-30)17-31-4/h5-8,11-18,33-34,36H,3,30H2,1-2,4H3. The fraction of sp³-hybridized carbons (Fsp3) is 0.103. The maximum atomic E-state index is 9.88. The van der Waals surface area contributed by atoms with Gasteiger partial charge in [0.25, 0.3) is 0 Å². The Balaban J connectivity index is 1.61. The van der Waals surface area contributed by atoms with Crippen molar-refractivity contribution in [3.8, 4) is 17.6 Å². The number of pyridine rings is 1. The van der Waals surface area contributed by atoms with Gasteiger partial charge in [-0.3, -0.25) is 9.39 Å². The Morgan fingerprint density at radius 1 is 1.14 bits per heavy atom. The van der Waals surface area contributed by atoms with Gasteiger partial charge in [0.2, 0.25) is 0 Å². The number of hydrogen-bond donors (Lipinski definition) is 4. The molecule has 7 nitrogen and oxygen atoms in total. The van der Waals surface area contributed by atoms with Gasteiger partial charge in [0.05, 0.1) is 17.6 Å². The zero-order chi connectivity index (χ0) is 25.7. The van der Waals surface area contributed by atoms with Crippen LogP contribution in [0.15, 0.2) is 84.4 Å². The molecule has 7 heteroatoms. The number of aromatic hydroxyl groups is 1. The molecule has 0 aliphatic heterocycles. The summed E-state index contributed by atoms with van der Waals surface area (Å²) < 4.78 is 1.93. The first-order valence-corrected chi connectivity index (χ1v) is 11.3. The first-order valence-electron chi connectivity index (χ1n) is 11.3. The number of nitrogens with one attached hydrogen (secondary N) is 2. The number of imidazole rings is 1. The van der Waals surface area contributed by atoms with Crippen molar-refractivity contribution in [2.24, 2.45) is 10.7 Å². The summed E-state index contributed by atoms with van der Waals surface area (Å²) in [5.74, 6) is 6.74. The van der Waals surface area contributed by atoms with Crippen LogP contribution in [0.5, 0.6) is 5.75 Å². The number of phenolic OH excluding ortho intramolecular Hbond substituents is 1. The Labute approximate surface area is 210 Å². The zero-order valence-electron chi connectivity index (χ0n) is 20.5. The number of aliphatic imine (C=N–C) groups is 1. The molecule has 0 fully saturated rings. The number of phenols is 1. The highest BCUT2D eigenvalue weighted by Crippen LogP contribution is 2.24. The molecule has 2 aromatic heterocycles. The molecule has 4 rings (SSSR count). The first kappa shape index (κ1) is 24.2. The lowest BCUT2D eigenvalue weighted by Gasteiger charge is -2.12. The maximum Gasteiger partial charge on any atom is 0.161 e. The van der Waals surface area contributed by atoms with Gasteiger partial charge >= 0.3 is 0 Å². The van der Waals surface area contributed by atoms with E-state index in [-0.39, 0.29) is 5.75 Å². The van der Waals surface area contributed by atoms with Gasteiger partial charge in [-0.15, -0.1) is 0 Å². The molecule has 36 heavy (non-hydrogen) atoms. The molecule has 4 aromatic rings. The number of aryl methyl sites for hydroxylation is 2. The second-order valence-electron chi connectivity index (χ2n) is 8.33. The average molecular weight is 477 g/mol. The Morgan fingerprint density at radius 2 is 1.97 bits per heavy atom. The summed E-state index contributed by atoms with van der Waals surface area (Å²) in [5, 5.41) is 16.4. The van der Waals surface area contributed by atoms with Gasteiger partial charge in [0, 0.05) is 48.7 Å². The predicted octanol–water partition coefficient (Wildman–Crippen LogP) is 5.05. The van der Waals surface area contributed by atoms with Gasteiger partial charge in [-0.2, -0.15) is 0 Å². The van der Waals surface area contributed by atoms with E-state index in [1.54, 1.807) is 31.6 Å². The molecule has 0 atom stereocenters. The molecule has 0 spiro atoms. The summed E-state index contributed by atoms with van der Waals surface area (Å²) in [6.45, 7) is 8.12. The normalized spacial score (nSPS) is 11.4. The topological polar surface area (TPSA) is 100.0 Å². The van der Waals surface area contributed by atoms with Crippen LogP contribution in [-0.2, 0) is 0 Å². The van der Waals surface area contributed by atoms with E-state index < -0.39 is 0 Å². The van der Waals surface area contributed by atoms with Crippen LogP contribution in [0.1, 0.15) is 27.9 Å². The molecular weight excluding hydrogens is 448 g/mol. The summed E-state index contributed by atoms with van der Waals surface area (Å²) in [6, 6.07) is 15.2. The second-order valence-corrected chi connectivity index (χ2v) is 8.33. The Hall–Kier alpha value is -4.96. The molecule has 5 N–H and O–H groups in total. The molecule has 0 radical (unpaired) electrons. The zero-order valence-corrected chi connectivity index (χ0v) is 20.5. The Bertz CT molecular complexity index is 1550. The lowest BCUT2D eigenvalue weighted by atomic mass is 10.0. The third kappa shape index (κ3) is 5.40. The summed E-state index contributed by atoms with van der Waals surface area (Å²) in [7, 11) is 1.69. The van der Waals surface area contributed by atoms with E-state index in [2.05, 4.69) is 39.0 Å². The van der Waals surface area contributed by atoms with E-state index in [4.69, 9.17) is 5.73 Å². The van der Waals surface area contributed by atoms with E-state index >= 15 is 0 Å². The number of rotatable bonds is 6. The van der Waals surface area contributed by atoms with Crippen molar-refractivity contribution in [3.63, 3.8) is 0 Å². The summed E-state index contributed by atoms with van der Waals surface area (Å²) in [4.78, 5) is 8.55. The minimum atomic E-state index is 0.209. The Morgan fingerprint density at radius 3 is 2.72 bits per heavy atom. The number of nitrogens with zero attached hydrogens (tertiary/aromatic N) is 3. The van der Waals surface area contributed by atoms with Crippen molar-refractivity contribution in [1.29, 1.82) is 0 Å². The van der Waals surface area contributed by atoms with Crippen LogP contribution in [-0.4, -0.2) is 27.8 Å². The number of anilines is 2. The Kier molecular flexibility index (Phi) is 7.07. The van der Waals surface area contributed by atoms with E-state index in [0.29, 0.717) is 11.4 Å². The molecule has 0 bridgehead atoms. The quantitative estimate of drug-likeness (QED) is 0.230. The monoisotopic (exact) mass is 476 g/mol. The molecule has 0 aliphatic rings. The number of fused-ring (bicyclic) bond motifs is 1. The first-order chi connectivity index (χ1) is 17.4.